The topological polar surface area (TPSA) is 80.6 Å². The van der Waals surface area contributed by atoms with E-state index in [1.807, 2.05) is 45.0 Å². The van der Waals surface area contributed by atoms with Gasteiger partial charge in [0, 0.05) is 26.2 Å². The molecule has 0 N–H and O–H groups in total. The van der Waals surface area contributed by atoms with E-state index in [1.165, 1.54) is 14.9 Å². The molecule has 0 bridgehead atoms. The molecule has 2 aromatic rings. The van der Waals surface area contributed by atoms with E-state index in [-0.39, 0.29) is 18.2 Å². The molecule has 26 heavy (non-hydrogen) atoms. The van der Waals surface area contributed by atoms with E-state index in [2.05, 4.69) is 10.1 Å². The predicted molar refractivity (Wildman–Crippen MR) is 98.0 cm³/mol. The minimum atomic E-state index is -3.57. The molecule has 0 aliphatic carbocycles. The first-order valence-electron chi connectivity index (χ1n) is 8.62. The van der Waals surface area contributed by atoms with Gasteiger partial charge in [-0.2, -0.15) is 22.1 Å². The van der Waals surface area contributed by atoms with E-state index in [1.54, 1.807) is 18.1 Å². The van der Waals surface area contributed by atoms with E-state index < -0.39 is 10.2 Å². The third-order valence-electron chi connectivity index (χ3n) is 4.68. The molecule has 1 aliphatic heterocycles. The lowest BCUT2D eigenvalue weighted by Crippen LogP contribution is -2.52. The Kier molecular flexibility index (Phi) is 5.42. The van der Waals surface area contributed by atoms with Crippen molar-refractivity contribution in [3.63, 3.8) is 0 Å². The lowest BCUT2D eigenvalue weighted by Gasteiger charge is -2.38. The SMILES string of the molecule is CC1CN(S(=O)(=O)N(C)C(C)c2ccc(-n3cncn3)cc2)CC(C)O1. The average Bonchev–Trinajstić information content (AvgIpc) is 3.14. The van der Waals surface area contributed by atoms with Crippen LogP contribution in [0.5, 0.6) is 0 Å². The van der Waals surface area contributed by atoms with Crippen LogP contribution in [0.3, 0.4) is 0 Å². The van der Waals surface area contributed by atoms with Gasteiger partial charge in [0.2, 0.25) is 0 Å². The van der Waals surface area contributed by atoms with Gasteiger partial charge in [-0.05, 0) is 38.5 Å². The van der Waals surface area contributed by atoms with Crippen LogP contribution in [0.15, 0.2) is 36.9 Å². The molecule has 0 spiro atoms. The van der Waals surface area contributed by atoms with Crippen LogP contribution in [0.25, 0.3) is 5.69 Å². The minimum Gasteiger partial charge on any atom is -0.373 e. The van der Waals surface area contributed by atoms with Crippen molar-refractivity contribution >= 4 is 10.2 Å². The van der Waals surface area contributed by atoms with Gasteiger partial charge in [0.05, 0.1) is 17.9 Å². The highest BCUT2D eigenvalue weighted by atomic mass is 32.2. The summed E-state index contributed by atoms with van der Waals surface area (Å²) in [5.74, 6) is 0. The van der Waals surface area contributed by atoms with Crippen LogP contribution >= 0.6 is 0 Å². The van der Waals surface area contributed by atoms with Gasteiger partial charge in [-0.1, -0.05) is 12.1 Å². The van der Waals surface area contributed by atoms with Crippen molar-refractivity contribution in [2.45, 2.75) is 39.0 Å². The van der Waals surface area contributed by atoms with Crippen LogP contribution in [0, 0.1) is 0 Å². The Morgan fingerprint density at radius 2 is 1.81 bits per heavy atom. The van der Waals surface area contributed by atoms with E-state index >= 15 is 0 Å². The highest BCUT2D eigenvalue weighted by Gasteiger charge is 2.35. The highest BCUT2D eigenvalue weighted by Crippen LogP contribution is 2.26. The van der Waals surface area contributed by atoms with Crippen molar-refractivity contribution in [2.75, 3.05) is 20.1 Å². The standard InChI is InChI=1S/C17H25N5O3S/c1-13-9-21(10-14(2)25-13)26(23,24)20(4)15(3)16-5-7-17(8-6-16)22-12-18-11-19-22/h5-8,11-15H,9-10H2,1-4H3. The Morgan fingerprint density at radius 1 is 1.19 bits per heavy atom. The van der Waals surface area contributed by atoms with Gasteiger partial charge in [-0.25, -0.2) is 9.67 Å². The maximum atomic E-state index is 13.0. The van der Waals surface area contributed by atoms with Crippen molar-refractivity contribution in [3.05, 3.63) is 42.5 Å². The summed E-state index contributed by atoms with van der Waals surface area (Å²) in [4.78, 5) is 3.93. The molecule has 1 aromatic heterocycles. The molecule has 9 heteroatoms. The number of nitrogens with zero attached hydrogens (tertiary/aromatic N) is 5. The number of hydrogen-bond acceptors (Lipinski definition) is 5. The van der Waals surface area contributed by atoms with Crippen molar-refractivity contribution in [1.29, 1.82) is 0 Å². The van der Waals surface area contributed by atoms with Crippen LogP contribution in [0.4, 0.5) is 0 Å². The first-order chi connectivity index (χ1) is 12.3. The molecule has 3 atom stereocenters. The summed E-state index contributed by atoms with van der Waals surface area (Å²) in [7, 11) is -1.95. The zero-order valence-corrected chi connectivity index (χ0v) is 16.3. The molecule has 3 unspecified atom stereocenters. The molecule has 0 radical (unpaired) electrons. The molecule has 0 amide bonds. The van der Waals surface area contributed by atoms with E-state index in [9.17, 15) is 8.42 Å². The third-order valence-corrected chi connectivity index (χ3v) is 6.68. The van der Waals surface area contributed by atoms with Crippen LogP contribution in [0.2, 0.25) is 0 Å². The lowest BCUT2D eigenvalue weighted by atomic mass is 10.1. The maximum Gasteiger partial charge on any atom is 0.282 e. The fraction of sp³-hybridized carbons (Fsp3) is 0.529. The predicted octanol–water partition coefficient (Wildman–Crippen LogP) is 1.61. The molecule has 142 valence electrons. The molecule has 1 aliphatic rings. The van der Waals surface area contributed by atoms with E-state index in [0.29, 0.717) is 13.1 Å². The van der Waals surface area contributed by atoms with E-state index in [0.717, 1.165) is 11.3 Å². The highest BCUT2D eigenvalue weighted by molar-refractivity contribution is 7.86. The Balaban J connectivity index is 1.77. The van der Waals surface area contributed by atoms with Crippen LogP contribution in [-0.2, 0) is 14.9 Å². The summed E-state index contributed by atoms with van der Waals surface area (Å²) >= 11 is 0. The molecule has 1 aromatic carbocycles. The third kappa shape index (κ3) is 3.80. The summed E-state index contributed by atoms with van der Waals surface area (Å²) in [6.45, 7) is 6.41. The summed E-state index contributed by atoms with van der Waals surface area (Å²) in [6, 6.07) is 7.34. The maximum absolute atomic E-state index is 13.0. The smallest absolute Gasteiger partial charge is 0.282 e. The van der Waals surface area contributed by atoms with Crippen molar-refractivity contribution in [3.8, 4) is 5.69 Å². The van der Waals surface area contributed by atoms with Gasteiger partial charge in [0.1, 0.15) is 12.7 Å². The summed E-state index contributed by atoms with van der Waals surface area (Å²) in [5.41, 5.74) is 1.79. The van der Waals surface area contributed by atoms with Gasteiger partial charge >= 0.3 is 0 Å². The Bertz CT molecular complexity index is 813. The molecule has 1 fully saturated rings. The lowest BCUT2D eigenvalue weighted by molar-refractivity contribution is -0.0455. The zero-order chi connectivity index (χ0) is 18.9. The largest absolute Gasteiger partial charge is 0.373 e. The molecule has 3 rings (SSSR count). The normalized spacial score (nSPS) is 23.3. The summed E-state index contributed by atoms with van der Waals surface area (Å²) in [5, 5.41) is 4.09. The molecular formula is C17H25N5O3S. The summed E-state index contributed by atoms with van der Waals surface area (Å²) < 4.78 is 36.3. The Labute approximate surface area is 154 Å². The quantitative estimate of drug-likeness (QED) is 0.788. The molecule has 0 saturated carbocycles. The van der Waals surface area contributed by atoms with Gasteiger partial charge in [0.25, 0.3) is 10.2 Å². The van der Waals surface area contributed by atoms with Crippen LogP contribution < -0.4 is 0 Å². The number of aromatic nitrogens is 3. The van der Waals surface area contributed by atoms with Crippen LogP contribution in [0.1, 0.15) is 32.4 Å². The number of hydrogen-bond donors (Lipinski definition) is 0. The second-order valence-corrected chi connectivity index (χ2v) is 8.69. The van der Waals surface area contributed by atoms with Crippen molar-refractivity contribution in [1.82, 2.24) is 23.4 Å². The first kappa shape index (κ1) is 19.0. The fourth-order valence-electron chi connectivity index (χ4n) is 3.16. The monoisotopic (exact) mass is 379 g/mol. The number of morpholine rings is 1. The van der Waals surface area contributed by atoms with Crippen LogP contribution in [-0.4, -0.2) is 64.1 Å². The summed E-state index contributed by atoms with van der Waals surface area (Å²) in [6.07, 6.45) is 2.87. The molecular weight excluding hydrogens is 354 g/mol. The second-order valence-electron chi connectivity index (χ2n) is 6.71. The Morgan fingerprint density at radius 3 is 2.35 bits per heavy atom. The van der Waals surface area contributed by atoms with Crippen molar-refractivity contribution < 1.29 is 13.2 Å². The average molecular weight is 379 g/mol. The van der Waals surface area contributed by atoms with Gasteiger partial charge < -0.3 is 4.74 Å². The van der Waals surface area contributed by atoms with Gasteiger partial charge in [-0.3, -0.25) is 0 Å². The molecule has 1 saturated heterocycles. The first-order valence-corrected chi connectivity index (χ1v) is 10.0. The Hall–Kier alpha value is -1.81. The van der Waals surface area contributed by atoms with Gasteiger partial charge in [0.15, 0.2) is 0 Å². The minimum absolute atomic E-state index is 0.112. The van der Waals surface area contributed by atoms with Gasteiger partial charge in [-0.15, -0.1) is 0 Å². The number of benzene rings is 1. The molecule has 2 heterocycles. The number of rotatable bonds is 5. The zero-order valence-electron chi connectivity index (χ0n) is 15.5. The second kappa shape index (κ2) is 7.43. The fourth-order valence-corrected chi connectivity index (χ4v) is 4.84. The van der Waals surface area contributed by atoms with E-state index in [4.69, 9.17) is 4.74 Å². The molecule has 8 nitrogen and oxygen atoms in total. The van der Waals surface area contributed by atoms with Crippen molar-refractivity contribution in [2.24, 2.45) is 0 Å². The number of ether oxygens (including phenoxy) is 1.